The maximum atomic E-state index is 13.3. The summed E-state index contributed by atoms with van der Waals surface area (Å²) >= 11 is -1.30. The molecule has 33 heavy (non-hydrogen) atoms. The Kier molecular flexibility index (Phi) is 5.26. The summed E-state index contributed by atoms with van der Waals surface area (Å²) in [4.78, 5) is 15.9. The van der Waals surface area contributed by atoms with Crippen LogP contribution in [0.1, 0.15) is 5.56 Å². The molecule has 0 saturated heterocycles. The maximum Gasteiger partial charge on any atom is 0.253 e. The first-order chi connectivity index (χ1) is 16.2. The van der Waals surface area contributed by atoms with Crippen LogP contribution in [0, 0.1) is 0 Å². The number of carbonyl (C=O) groups is 1. The monoisotopic (exact) mass is 464 g/mol. The van der Waals surface area contributed by atoms with Crippen molar-refractivity contribution in [1.82, 2.24) is 20.1 Å². The van der Waals surface area contributed by atoms with Crippen molar-refractivity contribution in [3.63, 3.8) is 0 Å². The van der Waals surface area contributed by atoms with Gasteiger partial charge in [-0.05, 0) is 28.8 Å². The van der Waals surface area contributed by atoms with E-state index in [2.05, 4.69) is 10.9 Å². The van der Waals surface area contributed by atoms with E-state index in [0.29, 0.717) is 62.3 Å². The number of hydrogen-bond acceptors (Lipinski definition) is 7. The second kappa shape index (κ2) is 8.42. The predicted molar refractivity (Wildman–Crippen MR) is 124 cm³/mol. The molecule has 2 aromatic rings. The minimum Gasteiger partial charge on any atom is -0.593 e. The summed E-state index contributed by atoms with van der Waals surface area (Å²) in [7, 11) is 0. The third-order valence-electron chi connectivity index (χ3n) is 6.34. The minimum absolute atomic E-state index is 0.0419. The Morgan fingerprint density at radius 2 is 1.67 bits per heavy atom. The highest BCUT2D eigenvalue weighted by molar-refractivity contribution is 7.89. The highest BCUT2D eigenvalue weighted by Gasteiger charge is 2.39. The minimum atomic E-state index is -1.30. The molecule has 1 atom stereocenters. The molecule has 9 heteroatoms. The predicted octanol–water partition coefficient (Wildman–Crippen LogP) is 1.45. The fourth-order valence-corrected chi connectivity index (χ4v) is 5.93. The maximum absolute atomic E-state index is 13.3. The fourth-order valence-electron chi connectivity index (χ4n) is 4.70. The van der Waals surface area contributed by atoms with Gasteiger partial charge < -0.3 is 24.4 Å². The van der Waals surface area contributed by atoms with Crippen molar-refractivity contribution in [2.45, 2.75) is 4.90 Å². The number of nitrogens with one attached hydrogen (secondary N) is 2. The first kappa shape index (κ1) is 20.6. The third kappa shape index (κ3) is 3.76. The molecular formula is C24H24N4O4S. The van der Waals surface area contributed by atoms with Crippen LogP contribution in [0.4, 0.5) is 0 Å². The largest absolute Gasteiger partial charge is 0.593 e. The first-order valence-corrected chi connectivity index (χ1v) is 12.1. The van der Waals surface area contributed by atoms with Crippen LogP contribution >= 0.6 is 0 Å². The molecule has 0 saturated carbocycles. The van der Waals surface area contributed by atoms with E-state index in [9.17, 15) is 9.35 Å². The average molecular weight is 465 g/mol. The van der Waals surface area contributed by atoms with Gasteiger partial charge in [0.1, 0.15) is 13.2 Å². The van der Waals surface area contributed by atoms with Crippen LogP contribution in [-0.4, -0.2) is 65.6 Å². The number of rotatable bonds is 4. The molecular weight excluding hydrogens is 440 g/mol. The average Bonchev–Trinajstić information content (AvgIpc) is 3.58. The zero-order valence-corrected chi connectivity index (χ0v) is 18.8. The molecule has 8 nitrogen and oxygen atoms in total. The molecule has 6 rings (SSSR count). The molecule has 2 N–H and O–H groups in total. The molecule has 170 valence electrons. The normalized spacial score (nSPS) is 20.8. The van der Waals surface area contributed by atoms with Crippen LogP contribution in [0.25, 0.3) is 5.70 Å². The topological polar surface area (TPSA) is 89.1 Å². The van der Waals surface area contributed by atoms with Gasteiger partial charge in [0.15, 0.2) is 16.4 Å². The number of hydrogen-bond donors (Lipinski definition) is 2. The molecule has 0 aromatic heterocycles. The molecule has 2 aromatic carbocycles. The zero-order chi connectivity index (χ0) is 22.4. The van der Waals surface area contributed by atoms with Crippen LogP contribution in [0.2, 0.25) is 0 Å². The number of nitrogens with zero attached hydrogens (tertiary/aromatic N) is 2. The van der Waals surface area contributed by atoms with Crippen molar-refractivity contribution in [2.24, 2.45) is 0 Å². The van der Waals surface area contributed by atoms with Gasteiger partial charge in [-0.15, -0.1) is 4.31 Å². The lowest BCUT2D eigenvalue weighted by Crippen LogP contribution is -2.37. The van der Waals surface area contributed by atoms with E-state index >= 15 is 0 Å². The first-order valence-electron chi connectivity index (χ1n) is 11.0. The lowest BCUT2D eigenvalue weighted by Gasteiger charge is -2.25. The highest BCUT2D eigenvalue weighted by Crippen LogP contribution is 2.36. The molecule has 0 fully saturated rings. The summed E-state index contributed by atoms with van der Waals surface area (Å²) in [5.41, 5.74) is 11.2. The Morgan fingerprint density at radius 3 is 2.42 bits per heavy atom. The van der Waals surface area contributed by atoms with E-state index in [1.165, 1.54) is 11.1 Å². The summed E-state index contributed by atoms with van der Waals surface area (Å²) in [6.45, 7) is 3.87. The van der Waals surface area contributed by atoms with Gasteiger partial charge in [0.05, 0.1) is 35.7 Å². The SMILES string of the molecule is O=C(C1=C(c2ccccc2)NNC1)N1CC2=C(C1)CN([S+]([O-])c1ccc3c(c1)OCCO3)C2. The van der Waals surface area contributed by atoms with Gasteiger partial charge in [-0.1, -0.05) is 30.3 Å². The van der Waals surface area contributed by atoms with Crippen molar-refractivity contribution < 1.29 is 18.8 Å². The summed E-state index contributed by atoms with van der Waals surface area (Å²) in [5.74, 6) is 1.38. The van der Waals surface area contributed by atoms with Crippen molar-refractivity contribution in [3.8, 4) is 11.5 Å². The Hall–Kier alpha value is -2.98. The second-order valence-corrected chi connectivity index (χ2v) is 9.91. The van der Waals surface area contributed by atoms with Crippen LogP contribution in [0.3, 0.4) is 0 Å². The number of carbonyl (C=O) groups excluding carboxylic acids is 1. The smallest absolute Gasteiger partial charge is 0.253 e. The van der Waals surface area contributed by atoms with E-state index < -0.39 is 11.4 Å². The van der Waals surface area contributed by atoms with Crippen LogP contribution in [-0.2, 0) is 16.2 Å². The molecule has 1 unspecified atom stereocenters. The highest BCUT2D eigenvalue weighted by atomic mass is 32.2. The van der Waals surface area contributed by atoms with Gasteiger partial charge in [0, 0.05) is 25.7 Å². The van der Waals surface area contributed by atoms with E-state index in [4.69, 9.17) is 9.47 Å². The molecule has 4 aliphatic heterocycles. The quantitative estimate of drug-likeness (QED) is 0.523. The van der Waals surface area contributed by atoms with Crippen LogP contribution < -0.4 is 20.3 Å². The lowest BCUT2D eigenvalue weighted by molar-refractivity contribution is -0.125. The van der Waals surface area contributed by atoms with Crippen molar-refractivity contribution in [2.75, 3.05) is 45.9 Å². The van der Waals surface area contributed by atoms with Gasteiger partial charge in [-0.2, -0.15) is 0 Å². The fraction of sp³-hybridized carbons (Fsp3) is 0.292. The summed E-state index contributed by atoms with van der Waals surface area (Å²) in [6.07, 6.45) is 0. The molecule has 0 spiro atoms. The number of benzene rings is 2. The number of ether oxygens (including phenoxy) is 2. The van der Waals surface area contributed by atoms with E-state index in [1.54, 1.807) is 0 Å². The molecule has 1 amide bonds. The van der Waals surface area contributed by atoms with Crippen LogP contribution in [0.5, 0.6) is 11.5 Å². The Morgan fingerprint density at radius 1 is 0.939 bits per heavy atom. The second-order valence-electron chi connectivity index (χ2n) is 8.42. The van der Waals surface area contributed by atoms with Crippen molar-refractivity contribution in [1.29, 1.82) is 0 Å². The van der Waals surface area contributed by atoms with Gasteiger partial charge >= 0.3 is 0 Å². The summed E-state index contributed by atoms with van der Waals surface area (Å²) in [5, 5.41) is 0. The number of amides is 1. The standard InChI is InChI=1S/C24H24N4O4S/c29-24(20-11-25-26-23(20)16-4-2-1-3-5-16)27-12-17-14-28(15-18(17)13-27)33(30)19-6-7-21-22(10-19)32-9-8-31-21/h1-7,10,25-26H,8-9,11-15H2. The van der Waals surface area contributed by atoms with Crippen molar-refractivity contribution >= 4 is 23.0 Å². The van der Waals surface area contributed by atoms with Gasteiger partial charge in [0.25, 0.3) is 5.91 Å². The third-order valence-corrected chi connectivity index (χ3v) is 7.72. The number of hydrazine groups is 1. The Labute approximate surface area is 195 Å². The van der Waals surface area contributed by atoms with Gasteiger partial charge in [-0.3, -0.25) is 4.79 Å². The van der Waals surface area contributed by atoms with Gasteiger partial charge in [-0.25, -0.2) is 5.43 Å². The molecule has 0 radical (unpaired) electrons. The van der Waals surface area contributed by atoms with Crippen LogP contribution in [0.15, 0.2) is 70.1 Å². The lowest BCUT2D eigenvalue weighted by atomic mass is 10.1. The van der Waals surface area contributed by atoms with E-state index in [1.807, 2.05) is 57.7 Å². The molecule has 4 heterocycles. The molecule has 0 bridgehead atoms. The summed E-state index contributed by atoms with van der Waals surface area (Å²) in [6, 6.07) is 15.3. The van der Waals surface area contributed by atoms with Gasteiger partial charge in [0.2, 0.25) is 0 Å². The number of fused-ring (bicyclic) bond motifs is 1. The van der Waals surface area contributed by atoms with E-state index in [-0.39, 0.29) is 5.91 Å². The van der Waals surface area contributed by atoms with E-state index in [0.717, 1.165) is 16.8 Å². The Balaban J connectivity index is 1.12. The van der Waals surface area contributed by atoms with Crippen molar-refractivity contribution in [3.05, 3.63) is 70.8 Å². The Bertz CT molecular complexity index is 1150. The molecule has 4 aliphatic rings. The summed E-state index contributed by atoms with van der Waals surface area (Å²) < 4.78 is 26.3. The molecule has 0 aliphatic carbocycles. The zero-order valence-electron chi connectivity index (χ0n) is 18.0.